The lowest BCUT2D eigenvalue weighted by atomic mass is 9.94. The van der Waals surface area contributed by atoms with Gasteiger partial charge in [-0.15, -0.1) is 5.10 Å². The highest BCUT2D eigenvalue weighted by Gasteiger charge is 2.44. The monoisotopic (exact) mass is 356 g/mol. The minimum absolute atomic E-state index is 0.274. The number of nitrogens with one attached hydrogen (secondary N) is 1. The fraction of sp³-hybridized carbons (Fsp3) is 0.733. The second-order valence-corrected chi connectivity index (χ2v) is 8.64. The van der Waals surface area contributed by atoms with Crippen LogP contribution in [0.15, 0.2) is 12.1 Å². The van der Waals surface area contributed by atoms with E-state index < -0.39 is 15.6 Å². The summed E-state index contributed by atoms with van der Waals surface area (Å²) in [6, 6.07) is 3.80. The molecule has 2 fully saturated rings. The summed E-state index contributed by atoms with van der Waals surface area (Å²) in [6.07, 6.45) is 1.99. The van der Waals surface area contributed by atoms with E-state index in [1.807, 2.05) is 19.1 Å². The fourth-order valence-corrected chi connectivity index (χ4v) is 4.05. The number of hydrogen-bond acceptors (Lipinski definition) is 7. The van der Waals surface area contributed by atoms with Crippen molar-refractivity contribution in [1.29, 1.82) is 0 Å². The number of nitrogens with zero attached hydrogens (tertiary/aromatic N) is 3. The molecule has 9 heteroatoms. The average molecular weight is 356 g/mol. The van der Waals surface area contributed by atoms with E-state index in [0.29, 0.717) is 39.5 Å². The van der Waals surface area contributed by atoms with Crippen LogP contribution < -0.4 is 5.32 Å². The Morgan fingerprint density at radius 3 is 2.96 bits per heavy atom. The Labute approximate surface area is 142 Å². The van der Waals surface area contributed by atoms with Gasteiger partial charge in [-0.3, -0.25) is 0 Å². The van der Waals surface area contributed by atoms with Crippen molar-refractivity contribution >= 4 is 15.8 Å². The molecule has 0 radical (unpaired) electrons. The fourth-order valence-electron chi connectivity index (χ4n) is 3.18. The normalized spacial score (nSPS) is 28.8. The van der Waals surface area contributed by atoms with Gasteiger partial charge in [0.2, 0.25) is 10.0 Å². The van der Waals surface area contributed by atoms with E-state index in [-0.39, 0.29) is 5.92 Å². The molecule has 0 amide bonds. The van der Waals surface area contributed by atoms with E-state index in [1.165, 1.54) is 10.6 Å². The highest BCUT2D eigenvalue weighted by atomic mass is 32.2. The molecule has 2 aliphatic rings. The zero-order valence-corrected chi connectivity index (χ0v) is 14.9. The lowest BCUT2D eigenvalue weighted by molar-refractivity contribution is -0.0511. The predicted octanol–water partition coefficient (Wildman–Crippen LogP) is 0.264. The Hall–Kier alpha value is -1.29. The molecule has 0 unspecified atom stereocenters. The lowest BCUT2D eigenvalue weighted by Crippen LogP contribution is -2.46. The Kier molecular flexibility index (Phi) is 5.05. The SMILES string of the molecule is Cc1ccc(NC[C@H]2CO[C@]3(COCCN(S(C)(=O)=O)C3)C2)nn1. The minimum atomic E-state index is -3.25. The molecule has 8 nitrogen and oxygen atoms in total. The third-order valence-electron chi connectivity index (χ3n) is 4.44. The number of hydrogen-bond donors (Lipinski definition) is 1. The molecule has 24 heavy (non-hydrogen) atoms. The van der Waals surface area contributed by atoms with Crippen LogP contribution in [0.2, 0.25) is 0 Å². The maximum Gasteiger partial charge on any atom is 0.211 e. The first-order chi connectivity index (χ1) is 11.4. The third-order valence-corrected chi connectivity index (χ3v) is 5.69. The Morgan fingerprint density at radius 1 is 1.42 bits per heavy atom. The van der Waals surface area contributed by atoms with Gasteiger partial charge in [-0.1, -0.05) is 0 Å². The molecule has 2 saturated heterocycles. The van der Waals surface area contributed by atoms with E-state index in [4.69, 9.17) is 9.47 Å². The zero-order chi connectivity index (χ0) is 17.2. The van der Waals surface area contributed by atoms with Crippen molar-refractivity contribution < 1.29 is 17.9 Å². The van der Waals surface area contributed by atoms with E-state index in [0.717, 1.165) is 17.9 Å². The Balaban J connectivity index is 1.59. The van der Waals surface area contributed by atoms with E-state index in [2.05, 4.69) is 15.5 Å². The number of ether oxygens (including phenoxy) is 2. The average Bonchev–Trinajstić information content (AvgIpc) is 2.78. The van der Waals surface area contributed by atoms with Crippen LogP contribution in [0, 0.1) is 12.8 Å². The van der Waals surface area contributed by atoms with Crippen molar-refractivity contribution in [2.75, 3.05) is 51.0 Å². The van der Waals surface area contributed by atoms with E-state index >= 15 is 0 Å². The molecule has 3 heterocycles. The van der Waals surface area contributed by atoms with Crippen LogP contribution >= 0.6 is 0 Å². The molecule has 0 aromatic carbocycles. The van der Waals surface area contributed by atoms with Gasteiger partial charge < -0.3 is 14.8 Å². The van der Waals surface area contributed by atoms with Crippen LogP contribution in [-0.4, -0.2) is 74.2 Å². The molecular weight excluding hydrogens is 332 g/mol. The second kappa shape index (κ2) is 6.91. The van der Waals surface area contributed by atoms with Crippen molar-refractivity contribution in [3.8, 4) is 0 Å². The predicted molar refractivity (Wildman–Crippen MR) is 89.3 cm³/mol. The van der Waals surface area contributed by atoms with Gasteiger partial charge in [0.05, 0.1) is 31.8 Å². The van der Waals surface area contributed by atoms with Crippen molar-refractivity contribution in [1.82, 2.24) is 14.5 Å². The standard InChI is InChI=1S/C15H24N4O4S/c1-12-3-4-14(18-17-12)16-8-13-7-15(23-9-13)10-19(24(2,20)21)5-6-22-11-15/h3-4,13H,5-11H2,1-2H3,(H,16,18)/t13-,15+/m0/s1. The maximum atomic E-state index is 11.9. The molecule has 3 rings (SSSR count). The zero-order valence-electron chi connectivity index (χ0n) is 14.1. The van der Waals surface area contributed by atoms with Crippen molar-refractivity contribution in [3.05, 3.63) is 17.8 Å². The highest BCUT2D eigenvalue weighted by molar-refractivity contribution is 7.88. The van der Waals surface area contributed by atoms with Crippen LogP contribution in [-0.2, 0) is 19.5 Å². The molecule has 1 aromatic rings. The third kappa shape index (κ3) is 4.21. The summed E-state index contributed by atoms with van der Waals surface area (Å²) in [5.74, 6) is 1.01. The summed E-state index contributed by atoms with van der Waals surface area (Å²) in [4.78, 5) is 0. The van der Waals surface area contributed by atoms with Crippen LogP contribution in [0.1, 0.15) is 12.1 Å². The molecule has 0 aliphatic carbocycles. The molecule has 1 N–H and O–H groups in total. The first-order valence-corrected chi connectivity index (χ1v) is 9.92. The molecule has 1 spiro atoms. The van der Waals surface area contributed by atoms with Crippen molar-refractivity contribution in [2.45, 2.75) is 18.9 Å². The molecular formula is C15H24N4O4S. The van der Waals surface area contributed by atoms with Crippen LogP contribution in [0.3, 0.4) is 0 Å². The summed E-state index contributed by atoms with van der Waals surface area (Å²) in [5, 5.41) is 11.4. The first-order valence-electron chi connectivity index (χ1n) is 8.07. The van der Waals surface area contributed by atoms with Gasteiger partial charge in [-0.05, 0) is 25.5 Å². The summed E-state index contributed by atoms with van der Waals surface area (Å²) in [5.41, 5.74) is 0.324. The number of aromatic nitrogens is 2. The Morgan fingerprint density at radius 2 is 2.25 bits per heavy atom. The summed E-state index contributed by atoms with van der Waals surface area (Å²) >= 11 is 0. The molecule has 0 bridgehead atoms. The molecule has 0 saturated carbocycles. The maximum absolute atomic E-state index is 11.9. The van der Waals surface area contributed by atoms with Crippen LogP contribution in [0.5, 0.6) is 0 Å². The first kappa shape index (κ1) is 17.5. The molecule has 2 aliphatic heterocycles. The van der Waals surface area contributed by atoms with E-state index in [1.54, 1.807) is 0 Å². The van der Waals surface area contributed by atoms with Crippen molar-refractivity contribution in [2.24, 2.45) is 5.92 Å². The largest absolute Gasteiger partial charge is 0.377 e. The number of rotatable bonds is 4. The van der Waals surface area contributed by atoms with Gasteiger partial charge in [-0.2, -0.15) is 9.40 Å². The smallest absolute Gasteiger partial charge is 0.211 e. The molecule has 134 valence electrons. The van der Waals surface area contributed by atoms with Crippen molar-refractivity contribution in [3.63, 3.8) is 0 Å². The summed E-state index contributed by atoms with van der Waals surface area (Å²) in [6.45, 7) is 4.74. The summed E-state index contributed by atoms with van der Waals surface area (Å²) < 4.78 is 36.8. The van der Waals surface area contributed by atoms with Gasteiger partial charge in [0.1, 0.15) is 11.4 Å². The summed E-state index contributed by atoms with van der Waals surface area (Å²) in [7, 11) is -3.25. The van der Waals surface area contributed by atoms with E-state index in [9.17, 15) is 8.42 Å². The van der Waals surface area contributed by atoms with Crippen LogP contribution in [0.4, 0.5) is 5.82 Å². The van der Waals surface area contributed by atoms with Crippen LogP contribution in [0.25, 0.3) is 0 Å². The lowest BCUT2D eigenvalue weighted by Gasteiger charge is -2.29. The highest BCUT2D eigenvalue weighted by Crippen LogP contribution is 2.33. The Bertz CT molecular complexity index is 667. The quantitative estimate of drug-likeness (QED) is 0.827. The number of aryl methyl sites for hydroxylation is 1. The molecule has 1 aromatic heterocycles. The van der Waals surface area contributed by atoms with Gasteiger partial charge >= 0.3 is 0 Å². The minimum Gasteiger partial charge on any atom is -0.377 e. The van der Waals surface area contributed by atoms with Gasteiger partial charge in [0.15, 0.2) is 0 Å². The topological polar surface area (TPSA) is 93.7 Å². The van der Waals surface area contributed by atoms with Gasteiger partial charge in [-0.25, -0.2) is 8.42 Å². The van der Waals surface area contributed by atoms with Gasteiger partial charge in [0, 0.05) is 25.6 Å². The molecule has 2 atom stereocenters. The number of sulfonamides is 1. The van der Waals surface area contributed by atoms with Gasteiger partial charge in [0.25, 0.3) is 0 Å². The second-order valence-electron chi connectivity index (χ2n) is 6.65. The number of anilines is 1.